The van der Waals surface area contributed by atoms with E-state index in [9.17, 15) is 0 Å². The van der Waals surface area contributed by atoms with Gasteiger partial charge in [0.2, 0.25) is 0 Å². The van der Waals surface area contributed by atoms with Crippen LogP contribution in [0, 0.1) is 5.92 Å². The van der Waals surface area contributed by atoms with E-state index in [1.165, 1.54) is 37.9 Å². The van der Waals surface area contributed by atoms with E-state index in [1.54, 1.807) is 0 Å². The summed E-state index contributed by atoms with van der Waals surface area (Å²) in [6, 6.07) is 4.31. The van der Waals surface area contributed by atoms with Gasteiger partial charge in [-0.05, 0) is 49.9 Å². The van der Waals surface area contributed by atoms with Gasteiger partial charge >= 0.3 is 0 Å². The summed E-state index contributed by atoms with van der Waals surface area (Å²) in [5, 5.41) is 3.27. The molecular weight excluding hydrogens is 222 g/mol. The Kier molecular flexibility index (Phi) is 5.00. The molecule has 0 spiro atoms. The summed E-state index contributed by atoms with van der Waals surface area (Å²) in [6.45, 7) is 8.91. The normalized spacial score (nSPS) is 20.2. The van der Waals surface area contributed by atoms with Crippen molar-refractivity contribution < 1.29 is 0 Å². The molecule has 0 aromatic carbocycles. The second-order valence-electron chi connectivity index (χ2n) is 5.26. The minimum Gasteiger partial charge on any atom is -0.370 e. The Morgan fingerprint density at radius 2 is 2.33 bits per heavy atom. The van der Waals surface area contributed by atoms with Gasteiger partial charge < -0.3 is 5.32 Å². The summed E-state index contributed by atoms with van der Waals surface area (Å²) in [7, 11) is 0. The van der Waals surface area contributed by atoms with Crippen LogP contribution < -0.4 is 5.32 Å². The topological polar surface area (TPSA) is 28.2 Å². The molecule has 0 amide bonds. The van der Waals surface area contributed by atoms with Crippen LogP contribution in [-0.2, 0) is 6.54 Å². The Morgan fingerprint density at radius 1 is 1.44 bits per heavy atom. The minimum absolute atomic E-state index is 0.921. The zero-order valence-electron chi connectivity index (χ0n) is 11.7. The Bertz CT molecular complexity index is 365. The number of nitrogens with one attached hydrogen (secondary N) is 1. The summed E-state index contributed by atoms with van der Waals surface area (Å²) < 4.78 is 0. The second kappa shape index (κ2) is 6.74. The average molecular weight is 247 g/mol. The van der Waals surface area contributed by atoms with Crippen LogP contribution in [0.2, 0.25) is 0 Å². The highest BCUT2D eigenvalue weighted by atomic mass is 15.1. The lowest BCUT2D eigenvalue weighted by Gasteiger charge is -2.16. The van der Waals surface area contributed by atoms with E-state index in [1.807, 2.05) is 6.20 Å². The van der Waals surface area contributed by atoms with Crippen LogP contribution in [0.1, 0.15) is 38.7 Å². The molecule has 0 saturated carbocycles. The van der Waals surface area contributed by atoms with E-state index < -0.39 is 0 Å². The Labute approximate surface area is 111 Å². The van der Waals surface area contributed by atoms with Crippen molar-refractivity contribution in [1.82, 2.24) is 9.88 Å². The van der Waals surface area contributed by atoms with Crippen molar-refractivity contribution in [1.29, 1.82) is 0 Å². The third-order valence-corrected chi connectivity index (χ3v) is 3.66. The maximum Gasteiger partial charge on any atom is 0.126 e. The molecule has 0 bridgehead atoms. The number of anilines is 1. The zero-order chi connectivity index (χ0) is 12.8. The Balaban J connectivity index is 1.88. The standard InChI is InChI=1S/C15H25N3/c1-3-5-13-7-9-18(11-13)12-14-6-8-17-15(10-14)16-4-2/h6,8,10,13H,3-5,7,9,11-12H2,1-2H3,(H,16,17). The number of likely N-dealkylation sites (tertiary alicyclic amines) is 1. The highest BCUT2D eigenvalue weighted by molar-refractivity contribution is 5.37. The lowest BCUT2D eigenvalue weighted by Crippen LogP contribution is -2.20. The van der Waals surface area contributed by atoms with E-state index in [-0.39, 0.29) is 0 Å². The van der Waals surface area contributed by atoms with Gasteiger partial charge in [-0.2, -0.15) is 0 Å². The predicted octanol–water partition coefficient (Wildman–Crippen LogP) is 3.14. The first-order chi connectivity index (χ1) is 8.81. The monoisotopic (exact) mass is 247 g/mol. The fourth-order valence-corrected chi connectivity index (χ4v) is 2.81. The van der Waals surface area contributed by atoms with Crippen LogP contribution in [0.25, 0.3) is 0 Å². The fraction of sp³-hybridized carbons (Fsp3) is 0.667. The molecule has 100 valence electrons. The van der Waals surface area contributed by atoms with Crippen molar-refractivity contribution in [3.8, 4) is 0 Å². The molecule has 1 aromatic rings. The number of nitrogens with zero attached hydrogens (tertiary/aromatic N) is 2. The lowest BCUT2D eigenvalue weighted by molar-refractivity contribution is 0.313. The van der Waals surface area contributed by atoms with Crippen LogP contribution in [0.3, 0.4) is 0 Å². The lowest BCUT2D eigenvalue weighted by atomic mass is 10.0. The van der Waals surface area contributed by atoms with Crippen LogP contribution >= 0.6 is 0 Å². The summed E-state index contributed by atoms with van der Waals surface area (Å²) in [5.74, 6) is 1.92. The largest absolute Gasteiger partial charge is 0.370 e. The highest BCUT2D eigenvalue weighted by Gasteiger charge is 2.21. The quantitative estimate of drug-likeness (QED) is 0.837. The highest BCUT2D eigenvalue weighted by Crippen LogP contribution is 2.22. The molecule has 2 rings (SSSR count). The van der Waals surface area contributed by atoms with E-state index in [0.29, 0.717) is 0 Å². The Morgan fingerprint density at radius 3 is 3.11 bits per heavy atom. The number of pyridine rings is 1. The molecule has 1 fully saturated rings. The summed E-state index contributed by atoms with van der Waals surface area (Å²) in [6.07, 6.45) is 5.99. The van der Waals surface area contributed by atoms with E-state index >= 15 is 0 Å². The van der Waals surface area contributed by atoms with Gasteiger partial charge in [-0.3, -0.25) is 4.90 Å². The smallest absolute Gasteiger partial charge is 0.126 e. The van der Waals surface area contributed by atoms with Crippen molar-refractivity contribution in [2.75, 3.05) is 25.0 Å². The molecule has 2 heterocycles. The number of hydrogen-bond acceptors (Lipinski definition) is 3. The zero-order valence-corrected chi connectivity index (χ0v) is 11.7. The second-order valence-corrected chi connectivity index (χ2v) is 5.26. The molecule has 3 nitrogen and oxygen atoms in total. The van der Waals surface area contributed by atoms with E-state index in [2.05, 4.69) is 41.2 Å². The van der Waals surface area contributed by atoms with Gasteiger partial charge in [0.25, 0.3) is 0 Å². The van der Waals surface area contributed by atoms with Gasteiger partial charge in [0.1, 0.15) is 5.82 Å². The molecule has 1 unspecified atom stereocenters. The summed E-state index contributed by atoms with van der Waals surface area (Å²) >= 11 is 0. The minimum atomic E-state index is 0.921. The first-order valence-electron chi connectivity index (χ1n) is 7.23. The number of hydrogen-bond donors (Lipinski definition) is 1. The van der Waals surface area contributed by atoms with Crippen LogP contribution in [0.4, 0.5) is 5.82 Å². The number of rotatable bonds is 6. The van der Waals surface area contributed by atoms with Gasteiger partial charge in [-0.25, -0.2) is 4.98 Å². The van der Waals surface area contributed by atoms with Crippen molar-refractivity contribution in [2.45, 2.75) is 39.7 Å². The molecule has 1 N–H and O–H groups in total. The summed E-state index contributed by atoms with van der Waals surface area (Å²) in [5.41, 5.74) is 1.37. The molecule has 1 atom stereocenters. The molecule has 1 saturated heterocycles. The van der Waals surface area contributed by atoms with Gasteiger partial charge in [-0.15, -0.1) is 0 Å². The van der Waals surface area contributed by atoms with Gasteiger partial charge in [0.05, 0.1) is 0 Å². The van der Waals surface area contributed by atoms with Crippen LogP contribution in [0.5, 0.6) is 0 Å². The third kappa shape index (κ3) is 3.70. The van der Waals surface area contributed by atoms with Crippen molar-refractivity contribution in [3.63, 3.8) is 0 Å². The molecular formula is C15H25N3. The van der Waals surface area contributed by atoms with Crippen molar-refractivity contribution in [3.05, 3.63) is 23.9 Å². The molecule has 18 heavy (non-hydrogen) atoms. The van der Waals surface area contributed by atoms with Gasteiger partial charge in [0.15, 0.2) is 0 Å². The van der Waals surface area contributed by atoms with Gasteiger partial charge in [-0.1, -0.05) is 13.3 Å². The average Bonchev–Trinajstić information content (AvgIpc) is 2.78. The maximum atomic E-state index is 4.32. The summed E-state index contributed by atoms with van der Waals surface area (Å²) in [4.78, 5) is 6.89. The predicted molar refractivity (Wildman–Crippen MR) is 76.7 cm³/mol. The third-order valence-electron chi connectivity index (χ3n) is 3.66. The molecule has 0 radical (unpaired) electrons. The van der Waals surface area contributed by atoms with Crippen LogP contribution in [0.15, 0.2) is 18.3 Å². The molecule has 0 aliphatic carbocycles. The first kappa shape index (κ1) is 13.3. The van der Waals surface area contributed by atoms with E-state index in [4.69, 9.17) is 0 Å². The SMILES string of the molecule is CCCC1CCN(Cc2ccnc(NCC)c2)C1. The molecule has 3 heteroatoms. The first-order valence-corrected chi connectivity index (χ1v) is 7.23. The Hall–Kier alpha value is -1.09. The fourth-order valence-electron chi connectivity index (χ4n) is 2.81. The number of aromatic nitrogens is 1. The molecule has 1 aromatic heterocycles. The van der Waals surface area contributed by atoms with Crippen molar-refractivity contribution >= 4 is 5.82 Å². The molecule has 1 aliphatic heterocycles. The maximum absolute atomic E-state index is 4.32. The van der Waals surface area contributed by atoms with Gasteiger partial charge in [0, 0.05) is 25.8 Å². The van der Waals surface area contributed by atoms with Crippen molar-refractivity contribution in [2.24, 2.45) is 5.92 Å². The van der Waals surface area contributed by atoms with Crippen LogP contribution in [-0.4, -0.2) is 29.5 Å². The van der Waals surface area contributed by atoms with E-state index in [0.717, 1.165) is 24.8 Å². The molecule has 1 aliphatic rings.